The van der Waals surface area contributed by atoms with E-state index in [4.69, 9.17) is 5.11 Å². The molecule has 0 atom stereocenters. The van der Waals surface area contributed by atoms with Gasteiger partial charge in [0.05, 0.1) is 5.56 Å². The van der Waals surface area contributed by atoms with Crippen LogP contribution in [0.25, 0.3) is 0 Å². The molecule has 0 aliphatic carbocycles. The lowest BCUT2D eigenvalue weighted by Crippen LogP contribution is -2.38. The van der Waals surface area contributed by atoms with Gasteiger partial charge < -0.3 is 15.6 Å². The largest absolute Gasteiger partial charge is 0.618 e. The van der Waals surface area contributed by atoms with Gasteiger partial charge in [-0.3, -0.25) is 4.79 Å². The maximum absolute atomic E-state index is 11.1. The van der Waals surface area contributed by atoms with Crippen LogP contribution in [0.15, 0.2) is 18.3 Å². The number of hydrogen-bond acceptors (Lipinski definition) is 3. The third kappa shape index (κ3) is 1.79. The van der Waals surface area contributed by atoms with Crippen molar-refractivity contribution in [3.8, 4) is 0 Å². The van der Waals surface area contributed by atoms with E-state index in [1.165, 1.54) is 7.05 Å². The fourth-order valence-corrected chi connectivity index (χ4v) is 0.914. The van der Waals surface area contributed by atoms with Gasteiger partial charge in [0.1, 0.15) is 0 Å². The molecule has 1 rings (SSSR count). The molecule has 1 aromatic heterocycles. The lowest BCUT2D eigenvalue weighted by atomic mass is 10.2. The normalized spacial score (nSPS) is 9.50. The molecule has 0 spiro atoms. The zero-order valence-electron chi connectivity index (χ0n) is 7.35. The first-order chi connectivity index (χ1) is 6.56. The second-order valence-electron chi connectivity index (χ2n) is 2.51. The highest BCUT2D eigenvalue weighted by Gasteiger charge is 2.17. The first kappa shape index (κ1) is 9.97. The van der Waals surface area contributed by atoms with Crippen molar-refractivity contribution in [1.82, 2.24) is 5.32 Å². The summed E-state index contributed by atoms with van der Waals surface area (Å²) in [6.45, 7) is 0. The summed E-state index contributed by atoms with van der Waals surface area (Å²) in [4.78, 5) is 21.6. The number of carboxylic acid groups (broad SMARTS) is 1. The fourth-order valence-electron chi connectivity index (χ4n) is 0.914. The number of aromatic carboxylic acids is 1. The van der Waals surface area contributed by atoms with Crippen molar-refractivity contribution >= 4 is 11.9 Å². The lowest BCUT2D eigenvalue weighted by molar-refractivity contribution is -0.607. The van der Waals surface area contributed by atoms with Crippen LogP contribution in [0.3, 0.4) is 0 Å². The van der Waals surface area contributed by atoms with Gasteiger partial charge in [0, 0.05) is 19.2 Å². The second kappa shape index (κ2) is 3.73. The average Bonchev–Trinajstić information content (AvgIpc) is 2.17. The number of hydrogen-bond donors (Lipinski definition) is 2. The molecule has 0 saturated carbocycles. The molecule has 6 nitrogen and oxygen atoms in total. The third-order valence-corrected chi connectivity index (χ3v) is 1.63. The Morgan fingerprint density at radius 3 is 2.71 bits per heavy atom. The number of nitrogens with one attached hydrogen (secondary N) is 1. The zero-order chi connectivity index (χ0) is 10.7. The molecule has 0 aromatic carbocycles. The molecule has 0 bridgehead atoms. The van der Waals surface area contributed by atoms with Gasteiger partial charge in [-0.1, -0.05) is 0 Å². The first-order valence-corrected chi connectivity index (χ1v) is 3.75. The van der Waals surface area contributed by atoms with Crippen molar-refractivity contribution in [3.05, 3.63) is 34.8 Å². The third-order valence-electron chi connectivity index (χ3n) is 1.63. The molecule has 1 amide bonds. The summed E-state index contributed by atoms with van der Waals surface area (Å²) in [6.07, 6.45) is 0.980. The van der Waals surface area contributed by atoms with Gasteiger partial charge in [0.2, 0.25) is 0 Å². The Morgan fingerprint density at radius 2 is 2.21 bits per heavy atom. The quantitative estimate of drug-likeness (QED) is 0.486. The Labute approximate surface area is 79.4 Å². The van der Waals surface area contributed by atoms with E-state index in [1.54, 1.807) is 0 Å². The van der Waals surface area contributed by atoms with Crippen molar-refractivity contribution in [2.24, 2.45) is 0 Å². The molecule has 0 saturated heterocycles. The molecule has 1 aromatic rings. The van der Waals surface area contributed by atoms with Gasteiger partial charge in [-0.2, -0.15) is 4.73 Å². The molecule has 0 unspecified atom stereocenters. The highest BCUT2D eigenvalue weighted by molar-refractivity contribution is 5.94. The monoisotopic (exact) mass is 196 g/mol. The van der Waals surface area contributed by atoms with Crippen molar-refractivity contribution < 1.29 is 19.4 Å². The molecule has 0 aliphatic heterocycles. The number of carboxylic acids is 1. The molecule has 1 heterocycles. The van der Waals surface area contributed by atoms with Gasteiger partial charge in [0.15, 0.2) is 6.20 Å². The van der Waals surface area contributed by atoms with Crippen LogP contribution in [0.1, 0.15) is 20.8 Å². The molecule has 6 heteroatoms. The van der Waals surface area contributed by atoms with E-state index in [9.17, 15) is 14.8 Å². The molecule has 2 N–H and O–H groups in total. The van der Waals surface area contributed by atoms with E-state index in [2.05, 4.69) is 5.32 Å². The van der Waals surface area contributed by atoms with Crippen LogP contribution in [0, 0.1) is 5.21 Å². The summed E-state index contributed by atoms with van der Waals surface area (Å²) in [5.41, 5.74) is -0.344. The summed E-state index contributed by atoms with van der Waals surface area (Å²) >= 11 is 0. The zero-order valence-corrected chi connectivity index (χ0v) is 7.35. The van der Waals surface area contributed by atoms with E-state index in [0.717, 1.165) is 18.3 Å². The maximum atomic E-state index is 11.1. The Bertz CT molecular complexity index is 389. The number of amides is 1. The van der Waals surface area contributed by atoms with Crippen LogP contribution >= 0.6 is 0 Å². The van der Waals surface area contributed by atoms with Crippen LogP contribution in [0.5, 0.6) is 0 Å². The summed E-state index contributed by atoms with van der Waals surface area (Å²) in [5.74, 6) is -1.81. The highest BCUT2D eigenvalue weighted by atomic mass is 16.5. The minimum absolute atomic E-state index is 0.101. The fraction of sp³-hybridized carbons (Fsp3) is 0.125. The average molecular weight is 196 g/mol. The van der Waals surface area contributed by atoms with Crippen LogP contribution in [0.2, 0.25) is 0 Å². The number of carbonyl (C=O) groups excluding carboxylic acids is 1. The smallest absolute Gasteiger partial charge is 0.336 e. The van der Waals surface area contributed by atoms with Crippen LogP contribution in [0.4, 0.5) is 0 Å². The number of carbonyl (C=O) groups is 2. The van der Waals surface area contributed by atoms with Crippen LogP contribution in [-0.4, -0.2) is 24.0 Å². The molecule has 0 radical (unpaired) electrons. The summed E-state index contributed by atoms with van der Waals surface area (Å²) in [6, 6.07) is 2.15. The predicted octanol–water partition coefficient (Wildman–Crippen LogP) is -0.622. The lowest BCUT2D eigenvalue weighted by Gasteiger charge is -2.03. The van der Waals surface area contributed by atoms with E-state index >= 15 is 0 Å². The van der Waals surface area contributed by atoms with Crippen LogP contribution < -0.4 is 10.0 Å². The number of pyridine rings is 1. The minimum Gasteiger partial charge on any atom is -0.618 e. The number of nitrogens with zero attached hydrogens (tertiary/aromatic N) is 1. The summed E-state index contributed by atoms with van der Waals surface area (Å²) in [7, 11) is 1.36. The minimum atomic E-state index is -1.18. The number of aromatic nitrogens is 1. The van der Waals surface area contributed by atoms with Crippen molar-refractivity contribution in [1.29, 1.82) is 0 Å². The predicted molar refractivity (Wildman–Crippen MR) is 45.8 cm³/mol. The Hall–Kier alpha value is -2.11. The van der Waals surface area contributed by atoms with Crippen LogP contribution in [-0.2, 0) is 0 Å². The summed E-state index contributed by atoms with van der Waals surface area (Å²) in [5, 5.41) is 21.9. The van der Waals surface area contributed by atoms with E-state index in [0.29, 0.717) is 4.73 Å². The molecule has 14 heavy (non-hydrogen) atoms. The van der Waals surface area contributed by atoms with E-state index < -0.39 is 11.9 Å². The SMILES string of the molecule is CNC(=O)c1cc(C(=O)O)cc[n+]1[O-]. The first-order valence-electron chi connectivity index (χ1n) is 3.75. The number of rotatable bonds is 2. The van der Waals surface area contributed by atoms with E-state index in [1.807, 2.05) is 0 Å². The van der Waals surface area contributed by atoms with Gasteiger partial charge in [-0.25, -0.2) is 4.79 Å². The van der Waals surface area contributed by atoms with Crippen molar-refractivity contribution in [3.63, 3.8) is 0 Å². The topological polar surface area (TPSA) is 93.3 Å². The molecular formula is C8H8N2O4. The Morgan fingerprint density at radius 1 is 1.57 bits per heavy atom. The molecular weight excluding hydrogens is 188 g/mol. The Balaban J connectivity index is 3.21. The Kier molecular flexibility index (Phi) is 2.66. The second-order valence-corrected chi connectivity index (χ2v) is 2.51. The van der Waals surface area contributed by atoms with Gasteiger partial charge in [0.25, 0.3) is 5.69 Å². The maximum Gasteiger partial charge on any atom is 0.336 e. The highest BCUT2D eigenvalue weighted by Crippen LogP contribution is 1.99. The van der Waals surface area contributed by atoms with Gasteiger partial charge in [-0.05, 0) is 0 Å². The molecule has 0 aliphatic rings. The molecule has 0 fully saturated rings. The summed E-state index contributed by atoms with van der Waals surface area (Å²) < 4.78 is 0.311. The van der Waals surface area contributed by atoms with E-state index in [-0.39, 0.29) is 11.3 Å². The van der Waals surface area contributed by atoms with Crippen molar-refractivity contribution in [2.75, 3.05) is 7.05 Å². The van der Waals surface area contributed by atoms with Gasteiger partial charge >= 0.3 is 11.9 Å². The standard InChI is InChI=1S/C8H8N2O4/c1-9-7(11)6-4-5(8(12)13)2-3-10(6)14/h2-4H,1H3,(H,9,11)(H,12,13). The van der Waals surface area contributed by atoms with Gasteiger partial charge in [-0.15, -0.1) is 0 Å². The molecule has 74 valence electrons. The van der Waals surface area contributed by atoms with Crippen molar-refractivity contribution in [2.45, 2.75) is 0 Å².